The van der Waals surface area contributed by atoms with E-state index in [9.17, 15) is 4.79 Å². The van der Waals surface area contributed by atoms with Gasteiger partial charge in [-0.3, -0.25) is 4.79 Å². The van der Waals surface area contributed by atoms with Crippen LogP contribution in [0.15, 0.2) is 0 Å². The zero-order chi connectivity index (χ0) is 13.1. The van der Waals surface area contributed by atoms with Crippen molar-refractivity contribution in [3.63, 3.8) is 0 Å². The average Bonchev–Trinajstić information content (AvgIpc) is 2.78. The Hall–Kier alpha value is -0.570. The van der Waals surface area contributed by atoms with Crippen molar-refractivity contribution in [3.05, 3.63) is 0 Å². The van der Waals surface area contributed by atoms with Gasteiger partial charge in [0.25, 0.3) is 0 Å². The largest absolute Gasteiger partial charge is 0.341 e. The van der Waals surface area contributed by atoms with Crippen LogP contribution in [0.2, 0.25) is 0 Å². The number of carbonyl (C=O) groups excluding carboxylic acids is 1. The summed E-state index contributed by atoms with van der Waals surface area (Å²) >= 11 is 0. The number of nitrogens with zero attached hydrogens (tertiary/aromatic N) is 1. The monoisotopic (exact) mass is 240 g/mol. The first kappa shape index (κ1) is 14.5. The van der Waals surface area contributed by atoms with Gasteiger partial charge >= 0.3 is 0 Å². The van der Waals surface area contributed by atoms with E-state index >= 15 is 0 Å². The van der Waals surface area contributed by atoms with Crippen molar-refractivity contribution in [2.45, 2.75) is 53.5 Å². The van der Waals surface area contributed by atoms with Crippen molar-refractivity contribution >= 4 is 5.91 Å². The molecule has 0 aromatic rings. The van der Waals surface area contributed by atoms with Crippen molar-refractivity contribution in [1.82, 2.24) is 10.2 Å². The summed E-state index contributed by atoms with van der Waals surface area (Å²) in [6.07, 6.45) is 2.33. The fourth-order valence-electron chi connectivity index (χ4n) is 1.92. The molecule has 1 rings (SSSR count). The van der Waals surface area contributed by atoms with Crippen LogP contribution in [-0.4, -0.2) is 36.5 Å². The number of nitrogens with one attached hydrogen (secondary N) is 1. The molecule has 1 aliphatic heterocycles. The Labute approximate surface area is 106 Å². The van der Waals surface area contributed by atoms with Crippen LogP contribution in [0, 0.1) is 11.3 Å². The quantitative estimate of drug-likeness (QED) is 0.799. The molecule has 1 atom stereocenters. The molecule has 0 bridgehead atoms. The molecule has 17 heavy (non-hydrogen) atoms. The highest BCUT2D eigenvalue weighted by molar-refractivity contribution is 5.81. The molecular formula is C14H28N2O. The molecule has 100 valence electrons. The second-order valence-electron chi connectivity index (χ2n) is 6.28. The van der Waals surface area contributed by atoms with E-state index in [1.54, 1.807) is 0 Å². The van der Waals surface area contributed by atoms with E-state index in [-0.39, 0.29) is 17.4 Å². The SMILES string of the molecule is CC(NCC(C)(C)C(C)C)C(=O)N1CCCC1. The third-order valence-electron chi connectivity index (χ3n) is 4.21. The normalized spacial score (nSPS) is 18.8. The van der Waals surface area contributed by atoms with E-state index in [0.29, 0.717) is 5.92 Å². The first-order valence-electron chi connectivity index (χ1n) is 6.87. The van der Waals surface area contributed by atoms with Crippen LogP contribution in [0.1, 0.15) is 47.5 Å². The Morgan fingerprint density at radius 1 is 1.24 bits per heavy atom. The molecule has 3 nitrogen and oxygen atoms in total. The molecule has 0 aliphatic carbocycles. The van der Waals surface area contributed by atoms with E-state index in [2.05, 4.69) is 33.0 Å². The number of rotatable bonds is 5. The van der Waals surface area contributed by atoms with Gasteiger partial charge in [-0.25, -0.2) is 0 Å². The Bertz CT molecular complexity index is 255. The highest BCUT2D eigenvalue weighted by Crippen LogP contribution is 2.24. The number of amides is 1. The molecule has 1 unspecified atom stereocenters. The summed E-state index contributed by atoms with van der Waals surface area (Å²) in [4.78, 5) is 14.1. The van der Waals surface area contributed by atoms with Crippen LogP contribution >= 0.6 is 0 Å². The van der Waals surface area contributed by atoms with Crippen LogP contribution in [0.5, 0.6) is 0 Å². The van der Waals surface area contributed by atoms with Crippen LogP contribution in [0.3, 0.4) is 0 Å². The molecule has 0 radical (unpaired) electrons. The third kappa shape index (κ3) is 3.98. The average molecular weight is 240 g/mol. The minimum Gasteiger partial charge on any atom is -0.341 e. The second kappa shape index (κ2) is 5.85. The zero-order valence-electron chi connectivity index (χ0n) is 12.0. The van der Waals surface area contributed by atoms with Gasteiger partial charge in [0.1, 0.15) is 0 Å². The Kier molecular flexibility index (Phi) is 4.99. The van der Waals surface area contributed by atoms with Gasteiger partial charge in [-0.05, 0) is 31.1 Å². The summed E-state index contributed by atoms with van der Waals surface area (Å²) in [6.45, 7) is 13.7. The minimum absolute atomic E-state index is 0.0499. The molecule has 1 aliphatic rings. The Balaban J connectivity index is 2.38. The predicted molar refractivity (Wildman–Crippen MR) is 71.9 cm³/mol. The summed E-state index contributed by atoms with van der Waals surface area (Å²) in [5.41, 5.74) is 0.236. The van der Waals surface area contributed by atoms with E-state index < -0.39 is 0 Å². The molecule has 1 fully saturated rings. The lowest BCUT2D eigenvalue weighted by Gasteiger charge is -2.31. The lowest BCUT2D eigenvalue weighted by atomic mass is 9.81. The molecule has 0 aromatic heterocycles. The zero-order valence-corrected chi connectivity index (χ0v) is 12.0. The van der Waals surface area contributed by atoms with E-state index in [0.717, 1.165) is 32.5 Å². The van der Waals surface area contributed by atoms with Crippen LogP contribution in [-0.2, 0) is 4.79 Å². The fraction of sp³-hybridized carbons (Fsp3) is 0.929. The predicted octanol–water partition coefficient (Wildman–Crippen LogP) is 2.27. The Morgan fingerprint density at radius 2 is 1.76 bits per heavy atom. The van der Waals surface area contributed by atoms with E-state index in [1.165, 1.54) is 0 Å². The lowest BCUT2D eigenvalue weighted by molar-refractivity contribution is -0.132. The van der Waals surface area contributed by atoms with Crippen molar-refractivity contribution < 1.29 is 4.79 Å². The molecule has 3 heteroatoms. The number of carbonyl (C=O) groups is 1. The highest BCUT2D eigenvalue weighted by atomic mass is 16.2. The van der Waals surface area contributed by atoms with Gasteiger partial charge < -0.3 is 10.2 Å². The number of hydrogen-bond donors (Lipinski definition) is 1. The van der Waals surface area contributed by atoms with E-state index in [4.69, 9.17) is 0 Å². The lowest BCUT2D eigenvalue weighted by Crippen LogP contribution is -2.47. The summed E-state index contributed by atoms with van der Waals surface area (Å²) in [5, 5.41) is 3.39. The maximum atomic E-state index is 12.1. The molecular weight excluding hydrogens is 212 g/mol. The van der Waals surface area contributed by atoms with Gasteiger partial charge in [0.15, 0.2) is 0 Å². The Morgan fingerprint density at radius 3 is 2.24 bits per heavy atom. The summed E-state index contributed by atoms with van der Waals surface area (Å²) in [6, 6.07) is -0.0499. The van der Waals surface area contributed by atoms with Gasteiger partial charge in [0.05, 0.1) is 6.04 Å². The van der Waals surface area contributed by atoms with Gasteiger partial charge in [-0.15, -0.1) is 0 Å². The second-order valence-corrected chi connectivity index (χ2v) is 6.28. The highest BCUT2D eigenvalue weighted by Gasteiger charge is 2.26. The molecule has 0 saturated carbocycles. The van der Waals surface area contributed by atoms with Crippen molar-refractivity contribution in [1.29, 1.82) is 0 Å². The van der Waals surface area contributed by atoms with Crippen molar-refractivity contribution in [3.8, 4) is 0 Å². The first-order valence-corrected chi connectivity index (χ1v) is 6.87. The topological polar surface area (TPSA) is 32.3 Å². The molecule has 1 amide bonds. The van der Waals surface area contributed by atoms with Gasteiger partial charge in [0.2, 0.25) is 5.91 Å². The van der Waals surface area contributed by atoms with Crippen LogP contribution in [0.4, 0.5) is 0 Å². The van der Waals surface area contributed by atoms with Gasteiger partial charge in [-0.1, -0.05) is 27.7 Å². The first-order chi connectivity index (χ1) is 7.84. The van der Waals surface area contributed by atoms with E-state index in [1.807, 2.05) is 11.8 Å². The third-order valence-corrected chi connectivity index (χ3v) is 4.21. The smallest absolute Gasteiger partial charge is 0.239 e. The fourth-order valence-corrected chi connectivity index (χ4v) is 1.92. The molecule has 0 spiro atoms. The summed E-state index contributed by atoms with van der Waals surface area (Å²) in [5.74, 6) is 0.881. The van der Waals surface area contributed by atoms with Crippen molar-refractivity contribution in [2.75, 3.05) is 19.6 Å². The molecule has 1 N–H and O–H groups in total. The molecule has 1 saturated heterocycles. The minimum atomic E-state index is -0.0499. The number of hydrogen-bond acceptors (Lipinski definition) is 2. The van der Waals surface area contributed by atoms with Crippen molar-refractivity contribution in [2.24, 2.45) is 11.3 Å². The van der Waals surface area contributed by atoms with Crippen LogP contribution < -0.4 is 5.32 Å². The summed E-state index contributed by atoms with van der Waals surface area (Å²) < 4.78 is 0. The maximum Gasteiger partial charge on any atom is 0.239 e. The number of likely N-dealkylation sites (tertiary alicyclic amines) is 1. The summed E-state index contributed by atoms with van der Waals surface area (Å²) in [7, 11) is 0. The van der Waals surface area contributed by atoms with Crippen LogP contribution in [0.25, 0.3) is 0 Å². The maximum absolute atomic E-state index is 12.1. The molecule has 0 aromatic carbocycles. The standard InChI is InChI=1S/C14H28N2O/c1-11(2)14(4,5)10-15-12(3)13(17)16-8-6-7-9-16/h11-12,15H,6-10H2,1-5H3. The molecule has 1 heterocycles. The van der Waals surface area contributed by atoms with Gasteiger partial charge in [-0.2, -0.15) is 0 Å². The van der Waals surface area contributed by atoms with Gasteiger partial charge in [0, 0.05) is 19.6 Å².